The molecule has 4 nitrogen and oxygen atoms in total. The summed E-state index contributed by atoms with van der Waals surface area (Å²) < 4.78 is 47.0. The number of ether oxygens (including phenoxy) is 1. The highest BCUT2D eigenvalue weighted by Crippen LogP contribution is 2.41. The summed E-state index contributed by atoms with van der Waals surface area (Å²) in [5.74, 6) is 1.39. The predicted molar refractivity (Wildman–Crippen MR) is 102 cm³/mol. The molecule has 0 spiro atoms. The molecular formula is C20H17ClF3N3O. The van der Waals surface area contributed by atoms with Crippen molar-refractivity contribution >= 4 is 17.4 Å². The zero-order valence-corrected chi connectivity index (χ0v) is 15.7. The monoisotopic (exact) mass is 407 g/mol. The van der Waals surface area contributed by atoms with Gasteiger partial charge in [-0.1, -0.05) is 23.7 Å². The molecule has 2 heterocycles. The molecule has 0 atom stereocenters. The molecule has 1 aromatic heterocycles. The first-order valence-corrected chi connectivity index (χ1v) is 9.23. The molecule has 4 rings (SSSR count). The van der Waals surface area contributed by atoms with Crippen LogP contribution in [0, 0.1) is 0 Å². The lowest BCUT2D eigenvalue weighted by Crippen LogP contribution is -2.07. The number of alkyl halides is 3. The molecule has 3 aromatic rings. The Morgan fingerprint density at radius 3 is 2.75 bits per heavy atom. The third kappa shape index (κ3) is 3.20. The fourth-order valence-electron chi connectivity index (χ4n) is 3.36. The minimum absolute atomic E-state index is 0.227. The van der Waals surface area contributed by atoms with Crippen molar-refractivity contribution in [1.82, 2.24) is 9.78 Å². The predicted octanol–water partition coefficient (Wildman–Crippen LogP) is 5.58. The normalized spacial score (nSPS) is 13.3. The second kappa shape index (κ2) is 7.05. The molecule has 0 fully saturated rings. The van der Waals surface area contributed by atoms with Crippen molar-refractivity contribution in [2.45, 2.75) is 19.5 Å². The van der Waals surface area contributed by atoms with Gasteiger partial charge in [-0.25, -0.2) is 4.68 Å². The summed E-state index contributed by atoms with van der Waals surface area (Å²) in [5, 5.41) is 8.12. The molecule has 1 aliphatic heterocycles. The van der Waals surface area contributed by atoms with Gasteiger partial charge in [-0.3, -0.25) is 0 Å². The molecule has 0 aliphatic carbocycles. The number of nitrogens with zero attached hydrogens (tertiary/aromatic N) is 2. The number of hydrogen-bond acceptors (Lipinski definition) is 3. The second-order valence-electron chi connectivity index (χ2n) is 6.36. The second-order valence-corrected chi connectivity index (χ2v) is 6.76. The van der Waals surface area contributed by atoms with Crippen LogP contribution in [0.3, 0.4) is 0 Å². The minimum atomic E-state index is -4.45. The highest BCUT2D eigenvalue weighted by atomic mass is 35.5. The van der Waals surface area contributed by atoms with E-state index < -0.39 is 11.7 Å². The molecule has 1 aliphatic rings. The van der Waals surface area contributed by atoms with Gasteiger partial charge in [-0.15, -0.1) is 0 Å². The van der Waals surface area contributed by atoms with E-state index in [0.29, 0.717) is 36.7 Å². The van der Waals surface area contributed by atoms with Crippen LogP contribution in [0.1, 0.15) is 18.1 Å². The first-order valence-electron chi connectivity index (χ1n) is 8.85. The Morgan fingerprint density at radius 2 is 2.00 bits per heavy atom. The lowest BCUT2D eigenvalue weighted by molar-refractivity contribution is -0.137. The fourth-order valence-corrected chi connectivity index (χ4v) is 3.57. The van der Waals surface area contributed by atoms with Crippen LogP contribution < -0.4 is 10.1 Å². The number of aromatic nitrogens is 2. The Labute approximate surface area is 164 Å². The molecule has 146 valence electrons. The van der Waals surface area contributed by atoms with Crippen molar-refractivity contribution in [3.05, 3.63) is 58.6 Å². The Hall–Kier alpha value is -2.67. The number of halogens is 4. The number of para-hydroxylation sites is 2. The van der Waals surface area contributed by atoms with Crippen molar-refractivity contribution < 1.29 is 17.9 Å². The van der Waals surface area contributed by atoms with Gasteiger partial charge < -0.3 is 10.1 Å². The first-order chi connectivity index (χ1) is 13.4. The molecule has 0 amide bonds. The van der Waals surface area contributed by atoms with Crippen LogP contribution in [0.15, 0.2) is 42.5 Å². The molecular weight excluding hydrogens is 391 g/mol. The van der Waals surface area contributed by atoms with Crippen LogP contribution in [-0.2, 0) is 12.6 Å². The topological polar surface area (TPSA) is 39.1 Å². The van der Waals surface area contributed by atoms with Crippen molar-refractivity contribution in [3.63, 3.8) is 0 Å². The Kier molecular flexibility index (Phi) is 4.71. The van der Waals surface area contributed by atoms with Crippen LogP contribution in [-0.4, -0.2) is 22.9 Å². The third-order valence-corrected chi connectivity index (χ3v) is 4.92. The highest BCUT2D eigenvalue weighted by Gasteiger charge is 2.32. The average Bonchev–Trinajstić information content (AvgIpc) is 3.25. The van der Waals surface area contributed by atoms with Crippen LogP contribution in [0.5, 0.6) is 5.75 Å². The summed E-state index contributed by atoms with van der Waals surface area (Å²) in [4.78, 5) is 0. The first kappa shape index (κ1) is 18.7. The average molecular weight is 408 g/mol. The summed E-state index contributed by atoms with van der Waals surface area (Å²) in [6.07, 6.45) is -3.81. The third-order valence-electron chi connectivity index (χ3n) is 4.59. The van der Waals surface area contributed by atoms with Gasteiger partial charge >= 0.3 is 6.18 Å². The van der Waals surface area contributed by atoms with E-state index in [1.165, 1.54) is 6.07 Å². The van der Waals surface area contributed by atoms with E-state index in [2.05, 4.69) is 10.4 Å². The van der Waals surface area contributed by atoms with E-state index in [0.717, 1.165) is 23.5 Å². The number of anilines is 1. The van der Waals surface area contributed by atoms with Gasteiger partial charge in [-0.2, -0.15) is 18.3 Å². The summed E-state index contributed by atoms with van der Waals surface area (Å²) >= 11 is 6.26. The van der Waals surface area contributed by atoms with Crippen LogP contribution in [0.25, 0.3) is 16.9 Å². The molecule has 1 N–H and O–H groups in total. The van der Waals surface area contributed by atoms with Gasteiger partial charge in [0.15, 0.2) is 0 Å². The molecule has 0 saturated heterocycles. The molecule has 0 bridgehead atoms. The number of nitrogens with one attached hydrogen (secondary N) is 1. The van der Waals surface area contributed by atoms with Crippen LogP contribution in [0.4, 0.5) is 19.0 Å². The van der Waals surface area contributed by atoms with Gasteiger partial charge in [0, 0.05) is 17.7 Å². The van der Waals surface area contributed by atoms with Crippen LogP contribution >= 0.6 is 11.6 Å². The van der Waals surface area contributed by atoms with E-state index in [9.17, 15) is 13.2 Å². The van der Waals surface area contributed by atoms with Gasteiger partial charge in [-0.05, 0) is 43.7 Å². The SMILES string of the molecule is CCOc1ccccc1-n1nc(-c2cc(C(F)(F)F)ccc2Cl)c2c1NCC2. The minimum Gasteiger partial charge on any atom is -0.492 e. The zero-order chi connectivity index (χ0) is 19.9. The largest absolute Gasteiger partial charge is 0.492 e. The summed E-state index contributed by atoms with van der Waals surface area (Å²) in [5.41, 5.74) is 1.51. The summed E-state index contributed by atoms with van der Waals surface area (Å²) in [6.45, 7) is 3.05. The van der Waals surface area contributed by atoms with Crippen molar-refractivity contribution in [1.29, 1.82) is 0 Å². The van der Waals surface area contributed by atoms with Gasteiger partial charge in [0.25, 0.3) is 0 Å². The molecule has 0 unspecified atom stereocenters. The molecule has 0 radical (unpaired) electrons. The molecule has 8 heteroatoms. The maximum absolute atomic E-state index is 13.2. The Morgan fingerprint density at radius 1 is 1.21 bits per heavy atom. The smallest absolute Gasteiger partial charge is 0.416 e. The molecule has 28 heavy (non-hydrogen) atoms. The van der Waals surface area contributed by atoms with Crippen LogP contribution in [0.2, 0.25) is 5.02 Å². The molecule has 2 aromatic carbocycles. The Balaban J connectivity index is 1.90. The Bertz CT molecular complexity index is 1030. The van der Waals surface area contributed by atoms with Gasteiger partial charge in [0.05, 0.1) is 22.9 Å². The van der Waals surface area contributed by atoms with Gasteiger partial charge in [0.2, 0.25) is 0 Å². The maximum Gasteiger partial charge on any atom is 0.416 e. The van der Waals surface area contributed by atoms with E-state index >= 15 is 0 Å². The lowest BCUT2D eigenvalue weighted by Gasteiger charge is -2.12. The van der Waals surface area contributed by atoms with E-state index in [4.69, 9.17) is 16.3 Å². The van der Waals surface area contributed by atoms with E-state index in [1.807, 2.05) is 31.2 Å². The maximum atomic E-state index is 13.2. The summed E-state index contributed by atoms with van der Waals surface area (Å²) in [6, 6.07) is 10.7. The fraction of sp³-hybridized carbons (Fsp3) is 0.250. The van der Waals surface area contributed by atoms with E-state index in [1.54, 1.807) is 4.68 Å². The van der Waals surface area contributed by atoms with Crippen molar-refractivity contribution in [2.75, 3.05) is 18.5 Å². The zero-order valence-electron chi connectivity index (χ0n) is 15.0. The quantitative estimate of drug-likeness (QED) is 0.613. The highest BCUT2D eigenvalue weighted by molar-refractivity contribution is 6.33. The lowest BCUT2D eigenvalue weighted by atomic mass is 10.0. The number of fused-ring (bicyclic) bond motifs is 1. The van der Waals surface area contributed by atoms with E-state index in [-0.39, 0.29) is 10.6 Å². The van der Waals surface area contributed by atoms with Crippen molar-refractivity contribution in [2.24, 2.45) is 0 Å². The number of benzene rings is 2. The summed E-state index contributed by atoms with van der Waals surface area (Å²) in [7, 11) is 0. The molecule has 0 saturated carbocycles. The number of hydrogen-bond donors (Lipinski definition) is 1. The standard InChI is InChI=1S/C20H17ClF3N3O/c1-2-28-17-6-4-3-5-16(17)27-19-13(9-10-25-19)18(26-27)14-11-12(20(22,23)24)7-8-15(14)21/h3-8,11,25H,2,9-10H2,1H3. The van der Waals surface area contributed by atoms with Gasteiger partial charge in [0.1, 0.15) is 17.3 Å². The number of rotatable bonds is 4. The van der Waals surface area contributed by atoms with Crippen molar-refractivity contribution in [3.8, 4) is 22.7 Å².